The zero-order valence-electron chi connectivity index (χ0n) is 19.6. The third kappa shape index (κ3) is 5.16. The molecule has 1 saturated carbocycles. The molecule has 3 aliphatic rings. The first-order valence-corrected chi connectivity index (χ1v) is 12.3. The van der Waals surface area contributed by atoms with Crippen LogP contribution in [0.3, 0.4) is 0 Å². The van der Waals surface area contributed by atoms with Gasteiger partial charge in [0.25, 0.3) is 0 Å². The molecule has 2 fully saturated rings. The fraction of sp³-hybridized carbons (Fsp3) is 0.654. The second-order valence-electron chi connectivity index (χ2n) is 10.2. The lowest BCUT2D eigenvalue weighted by molar-refractivity contribution is -0.150. The highest BCUT2D eigenvalue weighted by Gasteiger charge is 2.38. The van der Waals surface area contributed by atoms with E-state index in [4.69, 9.17) is 0 Å². The molecule has 6 heteroatoms. The van der Waals surface area contributed by atoms with E-state index in [0.717, 1.165) is 11.1 Å². The van der Waals surface area contributed by atoms with Crippen LogP contribution in [0.5, 0.6) is 0 Å². The smallest absolute Gasteiger partial charge is 0.245 e. The fourth-order valence-corrected chi connectivity index (χ4v) is 5.45. The van der Waals surface area contributed by atoms with E-state index in [9.17, 15) is 14.4 Å². The van der Waals surface area contributed by atoms with E-state index in [1.807, 2.05) is 35.8 Å². The number of rotatable bonds is 5. The molecule has 6 nitrogen and oxygen atoms in total. The number of fused-ring (bicyclic) bond motifs is 1. The zero-order valence-corrected chi connectivity index (χ0v) is 19.6. The second-order valence-corrected chi connectivity index (χ2v) is 10.2. The second kappa shape index (κ2) is 10.1. The molecule has 0 N–H and O–H groups in total. The van der Waals surface area contributed by atoms with Crippen molar-refractivity contribution in [1.82, 2.24) is 14.7 Å². The highest BCUT2D eigenvalue weighted by Crippen LogP contribution is 2.29. The highest BCUT2D eigenvalue weighted by molar-refractivity contribution is 5.89. The van der Waals surface area contributed by atoms with E-state index in [1.54, 1.807) is 4.90 Å². The maximum atomic E-state index is 13.5. The molecule has 3 amide bonds. The molecular weight excluding hydrogens is 402 g/mol. The molecule has 4 rings (SSSR count). The van der Waals surface area contributed by atoms with E-state index >= 15 is 0 Å². The molecule has 2 heterocycles. The van der Waals surface area contributed by atoms with Crippen LogP contribution in [0.15, 0.2) is 24.3 Å². The van der Waals surface area contributed by atoms with Crippen molar-refractivity contribution >= 4 is 17.7 Å². The summed E-state index contributed by atoms with van der Waals surface area (Å²) in [5.41, 5.74) is 2.29. The summed E-state index contributed by atoms with van der Waals surface area (Å²) in [6.07, 6.45) is 6.52. The molecule has 1 unspecified atom stereocenters. The highest BCUT2D eigenvalue weighted by atomic mass is 16.2. The maximum absolute atomic E-state index is 13.5. The van der Waals surface area contributed by atoms with Gasteiger partial charge in [0.1, 0.15) is 6.04 Å². The molecule has 0 spiro atoms. The van der Waals surface area contributed by atoms with Crippen molar-refractivity contribution in [3.05, 3.63) is 35.4 Å². The summed E-state index contributed by atoms with van der Waals surface area (Å²) in [4.78, 5) is 44.8. The van der Waals surface area contributed by atoms with Gasteiger partial charge in [-0.15, -0.1) is 0 Å². The van der Waals surface area contributed by atoms with Gasteiger partial charge in [0.05, 0.1) is 0 Å². The lowest BCUT2D eigenvalue weighted by Crippen LogP contribution is -2.58. The van der Waals surface area contributed by atoms with Gasteiger partial charge in [-0.25, -0.2) is 0 Å². The van der Waals surface area contributed by atoms with Crippen molar-refractivity contribution in [2.24, 2.45) is 11.8 Å². The third-order valence-electron chi connectivity index (χ3n) is 7.32. The SMILES string of the molecule is CC(C)CC(=O)N1Cc2ccccc2CC1C(=O)N1CCN(C(=O)CC2CCCC2)CC1. The van der Waals surface area contributed by atoms with Crippen molar-refractivity contribution < 1.29 is 14.4 Å². The molecule has 0 radical (unpaired) electrons. The minimum atomic E-state index is -0.447. The first-order valence-electron chi connectivity index (χ1n) is 12.3. The van der Waals surface area contributed by atoms with Crippen molar-refractivity contribution in [3.8, 4) is 0 Å². The topological polar surface area (TPSA) is 60.9 Å². The minimum Gasteiger partial charge on any atom is -0.339 e. The number of hydrogen-bond donors (Lipinski definition) is 0. The normalized spacial score (nSPS) is 21.7. The van der Waals surface area contributed by atoms with Gasteiger partial charge in [-0.1, -0.05) is 51.0 Å². The predicted octanol–water partition coefficient (Wildman–Crippen LogP) is 3.24. The van der Waals surface area contributed by atoms with E-state index in [0.29, 0.717) is 57.9 Å². The predicted molar refractivity (Wildman–Crippen MR) is 124 cm³/mol. The molecule has 1 saturated heterocycles. The number of amides is 3. The Morgan fingerprint density at radius 1 is 0.906 bits per heavy atom. The van der Waals surface area contributed by atoms with Crippen LogP contribution in [0.2, 0.25) is 0 Å². The van der Waals surface area contributed by atoms with Crippen LogP contribution in [0.25, 0.3) is 0 Å². The number of benzene rings is 1. The Labute approximate surface area is 191 Å². The van der Waals surface area contributed by atoms with Gasteiger partial charge in [0, 0.05) is 52.0 Å². The summed E-state index contributed by atoms with van der Waals surface area (Å²) >= 11 is 0. The Balaban J connectivity index is 1.40. The number of carbonyl (C=O) groups is 3. The van der Waals surface area contributed by atoms with E-state index in [2.05, 4.69) is 12.1 Å². The molecule has 2 aliphatic heterocycles. The zero-order chi connectivity index (χ0) is 22.7. The number of piperazine rings is 1. The van der Waals surface area contributed by atoms with Crippen molar-refractivity contribution in [1.29, 1.82) is 0 Å². The Morgan fingerprint density at radius 2 is 1.53 bits per heavy atom. The number of carbonyl (C=O) groups excluding carboxylic acids is 3. The van der Waals surface area contributed by atoms with Gasteiger partial charge in [0.15, 0.2) is 0 Å². The molecular formula is C26H37N3O3. The molecule has 174 valence electrons. The fourth-order valence-electron chi connectivity index (χ4n) is 5.45. The van der Waals surface area contributed by atoms with E-state index in [-0.39, 0.29) is 23.6 Å². The van der Waals surface area contributed by atoms with Gasteiger partial charge in [-0.05, 0) is 35.8 Å². The third-order valence-corrected chi connectivity index (χ3v) is 7.32. The van der Waals surface area contributed by atoms with Gasteiger partial charge >= 0.3 is 0 Å². The Kier molecular flexibility index (Phi) is 7.17. The lowest BCUT2D eigenvalue weighted by Gasteiger charge is -2.41. The molecule has 0 bridgehead atoms. The summed E-state index contributed by atoms with van der Waals surface area (Å²) < 4.78 is 0. The van der Waals surface area contributed by atoms with E-state index < -0.39 is 6.04 Å². The Hall–Kier alpha value is -2.37. The molecule has 1 atom stereocenters. The average Bonchev–Trinajstić information content (AvgIpc) is 3.30. The van der Waals surface area contributed by atoms with Crippen molar-refractivity contribution in [2.75, 3.05) is 26.2 Å². The van der Waals surface area contributed by atoms with Gasteiger partial charge in [-0.3, -0.25) is 14.4 Å². The maximum Gasteiger partial charge on any atom is 0.245 e. The quantitative estimate of drug-likeness (QED) is 0.708. The van der Waals surface area contributed by atoms with Gasteiger partial charge < -0.3 is 14.7 Å². The van der Waals surface area contributed by atoms with E-state index in [1.165, 1.54) is 25.7 Å². The summed E-state index contributed by atoms with van der Waals surface area (Å²) in [6.45, 7) is 6.88. The molecule has 0 aromatic heterocycles. The molecule has 1 aromatic rings. The molecule has 1 aliphatic carbocycles. The summed E-state index contributed by atoms with van der Waals surface area (Å²) in [6, 6.07) is 7.67. The van der Waals surface area contributed by atoms with Crippen LogP contribution in [-0.4, -0.2) is 64.6 Å². The minimum absolute atomic E-state index is 0.0273. The van der Waals surface area contributed by atoms with Gasteiger partial charge in [-0.2, -0.15) is 0 Å². The van der Waals surface area contributed by atoms with Crippen LogP contribution < -0.4 is 0 Å². The van der Waals surface area contributed by atoms with Crippen molar-refractivity contribution in [2.45, 2.75) is 71.4 Å². The monoisotopic (exact) mass is 439 g/mol. The van der Waals surface area contributed by atoms with Crippen LogP contribution in [-0.2, 0) is 27.3 Å². The van der Waals surface area contributed by atoms with Crippen LogP contribution in [0.4, 0.5) is 0 Å². The summed E-state index contributed by atoms with van der Waals surface area (Å²) in [5, 5.41) is 0. The summed E-state index contributed by atoms with van der Waals surface area (Å²) in [7, 11) is 0. The Bertz CT molecular complexity index is 838. The lowest BCUT2D eigenvalue weighted by atomic mass is 9.92. The van der Waals surface area contributed by atoms with Crippen LogP contribution >= 0.6 is 0 Å². The summed E-state index contributed by atoms with van der Waals surface area (Å²) in [5.74, 6) is 1.12. The number of nitrogens with zero attached hydrogens (tertiary/aromatic N) is 3. The van der Waals surface area contributed by atoms with Crippen LogP contribution in [0, 0.1) is 11.8 Å². The molecule has 32 heavy (non-hydrogen) atoms. The largest absolute Gasteiger partial charge is 0.339 e. The first-order chi connectivity index (χ1) is 15.4. The number of hydrogen-bond acceptors (Lipinski definition) is 3. The standard InChI is InChI=1S/C26H37N3O3/c1-19(2)15-25(31)29-18-22-10-6-5-9-21(22)17-23(29)26(32)28-13-11-27(12-14-28)24(30)16-20-7-3-4-8-20/h5-6,9-10,19-20,23H,3-4,7-8,11-18H2,1-2H3. The molecule has 1 aromatic carbocycles. The average molecular weight is 440 g/mol. The van der Waals surface area contributed by atoms with Crippen LogP contribution in [0.1, 0.15) is 63.5 Å². The van der Waals surface area contributed by atoms with Gasteiger partial charge in [0.2, 0.25) is 17.7 Å². The first kappa shape index (κ1) is 22.8. The van der Waals surface area contributed by atoms with Crippen molar-refractivity contribution in [3.63, 3.8) is 0 Å². The Morgan fingerprint density at radius 3 is 2.19 bits per heavy atom.